The van der Waals surface area contributed by atoms with E-state index in [-0.39, 0.29) is 5.91 Å². The monoisotopic (exact) mass is 549 g/mol. The molecule has 1 atom stereocenters. The van der Waals surface area contributed by atoms with Gasteiger partial charge in [0.05, 0.1) is 13.0 Å². The summed E-state index contributed by atoms with van der Waals surface area (Å²) in [5.41, 5.74) is 10.7. The van der Waals surface area contributed by atoms with E-state index in [0.717, 1.165) is 27.4 Å². The number of rotatable bonds is 11. The molecule has 2 heterocycles. The lowest BCUT2D eigenvalue weighted by Crippen LogP contribution is -2.39. The molecule has 5 rings (SSSR count). The van der Waals surface area contributed by atoms with Gasteiger partial charge in [0.25, 0.3) is 5.91 Å². The Morgan fingerprint density at radius 2 is 1.75 bits per heavy atom. The van der Waals surface area contributed by atoms with E-state index in [1.54, 1.807) is 6.07 Å². The summed E-state index contributed by atoms with van der Waals surface area (Å²) in [4.78, 5) is 17.1. The summed E-state index contributed by atoms with van der Waals surface area (Å²) in [6.45, 7) is 2.33. The predicted molar refractivity (Wildman–Crippen MR) is 158 cm³/mol. The molecule has 0 bridgehead atoms. The molecule has 40 heavy (non-hydrogen) atoms. The van der Waals surface area contributed by atoms with Crippen molar-refractivity contribution in [1.29, 1.82) is 0 Å². The summed E-state index contributed by atoms with van der Waals surface area (Å²) in [7, 11) is 0. The van der Waals surface area contributed by atoms with Gasteiger partial charge in [-0.05, 0) is 48.6 Å². The van der Waals surface area contributed by atoms with Gasteiger partial charge in [-0.2, -0.15) is 0 Å². The van der Waals surface area contributed by atoms with Crippen molar-refractivity contribution in [2.75, 3.05) is 0 Å². The van der Waals surface area contributed by atoms with Gasteiger partial charge >= 0.3 is 0 Å². The second kappa shape index (κ2) is 12.6. The first kappa shape index (κ1) is 27.2. The van der Waals surface area contributed by atoms with Gasteiger partial charge in [-0.1, -0.05) is 84.9 Å². The summed E-state index contributed by atoms with van der Waals surface area (Å²) in [5, 5.41) is 14.5. The summed E-state index contributed by atoms with van der Waals surface area (Å²) in [6, 6.07) is 27.6. The van der Waals surface area contributed by atoms with Crippen LogP contribution in [0.4, 0.5) is 0 Å². The summed E-state index contributed by atoms with van der Waals surface area (Å²) >= 11 is 1.53. The Morgan fingerprint density at radius 3 is 2.50 bits per heavy atom. The quantitative estimate of drug-likeness (QED) is 0.214. The van der Waals surface area contributed by atoms with Crippen LogP contribution >= 0.6 is 11.3 Å². The molecule has 0 radical (unpaired) electrons. The van der Waals surface area contributed by atoms with Gasteiger partial charge in [-0.3, -0.25) is 4.79 Å². The first-order valence-electron chi connectivity index (χ1n) is 13.1. The minimum Gasteiger partial charge on any atom is -0.423 e. The van der Waals surface area contributed by atoms with Gasteiger partial charge < -0.3 is 15.5 Å². The number of nitrogens with one attached hydrogen (secondary N) is 1. The fraction of sp³-hybridized carbons (Fsp3) is 0.188. The fourth-order valence-corrected chi connectivity index (χ4v) is 5.14. The van der Waals surface area contributed by atoms with Crippen LogP contribution in [-0.2, 0) is 24.9 Å². The highest BCUT2D eigenvalue weighted by molar-refractivity contribution is 7.09. The number of aromatic nitrogens is 3. The molecule has 8 heteroatoms. The van der Waals surface area contributed by atoms with Crippen molar-refractivity contribution in [3.63, 3.8) is 0 Å². The average molecular weight is 550 g/mol. The highest BCUT2D eigenvalue weighted by Gasteiger charge is 2.33. The van der Waals surface area contributed by atoms with Gasteiger partial charge in [0.1, 0.15) is 10.5 Å². The van der Waals surface area contributed by atoms with Crippen LogP contribution in [0.1, 0.15) is 56.0 Å². The van der Waals surface area contributed by atoms with Crippen LogP contribution < -0.4 is 11.1 Å². The van der Waals surface area contributed by atoms with Gasteiger partial charge in [0.15, 0.2) is 0 Å². The van der Waals surface area contributed by atoms with Crippen LogP contribution in [-0.4, -0.2) is 21.1 Å². The Kier molecular flexibility index (Phi) is 8.59. The van der Waals surface area contributed by atoms with Crippen LogP contribution in [0, 0.1) is 6.92 Å². The maximum atomic E-state index is 12.7. The molecule has 0 saturated heterocycles. The van der Waals surface area contributed by atoms with Gasteiger partial charge in [-0.15, -0.1) is 21.5 Å². The summed E-state index contributed by atoms with van der Waals surface area (Å²) < 4.78 is 6.15. The molecule has 2 aromatic heterocycles. The van der Waals surface area contributed by atoms with Crippen LogP contribution in [0.15, 0.2) is 101 Å². The number of nitrogens with zero attached hydrogens (tertiary/aromatic N) is 3. The zero-order valence-corrected chi connectivity index (χ0v) is 23.1. The molecule has 1 amide bonds. The Balaban J connectivity index is 1.30. The van der Waals surface area contributed by atoms with E-state index in [2.05, 4.69) is 32.7 Å². The number of hydrogen-bond acceptors (Lipinski definition) is 7. The summed E-state index contributed by atoms with van der Waals surface area (Å²) in [6.07, 6.45) is 5.56. The lowest BCUT2D eigenvalue weighted by molar-refractivity contribution is 0.0950. The number of aryl methyl sites for hydroxylation is 1. The van der Waals surface area contributed by atoms with Crippen LogP contribution in [0.5, 0.6) is 0 Å². The Bertz CT molecular complexity index is 1580. The lowest BCUT2D eigenvalue weighted by Gasteiger charge is -2.24. The second-order valence-corrected chi connectivity index (χ2v) is 10.7. The fourth-order valence-electron chi connectivity index (χ4n) is 4.43. The standard InChI is InChI=1S/C32H31N5O2S/c1-23-22-40-29(35-23)21-34-30(38)27-16-8-14-26(18-27)19-28-36-37-31(39-28)32(33,20-25-12-6-3-7-13-25)17-9-15-24-10-4-2-5-11-24/h2-16,18,22H,17,19-21,33H2,1H3,(H,34,38). The molecule has 0 aliphatic heterocycles. The van der Waals surface area contributed by atoms with Gasteiger partial charge in [-0.25, -0.2) is 4.98 Å². The van der Waals surface area contributed by atoms with E-state index in [4.69, 9.17) is 10.2 Å². The number of thiazole rings is 1. The maximum absolute atomic E-state index is 12.7. The van der Waals surface area contributed by atoms with Crippen molar-refractivity contribution < 1.29 is 9.21 Å². The van der Waals surface area contributed by atoms with Crippen LogP contribution in [0.3, 0.4) is 0 Å². The molecule has 0 fully saturated rings. The third-order valence-electron chi connectivity index (χ3n) is 6.46. The minimum absolute atomic E-state index is 0.157. The van der Waals surface area contributed by atoms with Crippen molar-refractivity contribution in [2.45, 2.75) is 38.3 Å². The number of hydrogen-bond donors (Lipinski definition) is 2. The lowest BCUT2D eigenvalue weighted by atomic mass is 9.88. The van der Waals surface area contributed by atoms with E-state index < -0.39 is 5.54 Å². The highest BCUT2D eigenvalue weighted by atomic mass is 32.1. The molecular formula is C32H31N5O2S. The SMILES string of the molecule is Cc1csc(CNC(=O)c2cccc(Cc3nnc(C(N)(CC=Cc4ccccc4)Cc4ccccc4)o3)c2)n1. The van der Waals surface area contributed by atoms with E-state index in [1.165, 1.54) is 11.3 Å². The topological polar surface area (TPSA) is 107 Å². The normalized spacial score (nSPS) is 12.8. The van der Waals surface area contributed by atoms with E-state index >= 15 is 0 Å². The number of carbonyl (C=O) groups excluding carboxylic acids is 1. The number of benzene rings is 3. The van der Waals surface area contributed by atoms with Crippen molar-refractivity contribution in [1.82, 2.24) is 20.5 Å². The molecule has 202 valence electrons. The van der Waals surface area contributed by atoms with Crippen LogP contribution in [0.2, 0.25) is 0 Å². The molecule has 1 unspecified atom stereocenters. The zero-order valence-electron chi connectivity index (χ0n) is 22.3. The third-order valence-corrected chi connectivity index (χ3v) is 7.43. The van der Waals surface area contributed by atoms with E-state index in [1.807, 2.05) is 91.2 Å². The largest absolute Gasteiger partial charge is 0.423 e. The van der Waals surface area contributed by atoms with Gasteiger partial charge in [0, 0.05) is 16.6 Å². The molecule has 0 aliphatic carbocycles. The zero-order chi connectivity index (χ0) is 27.8. The molecule has 5 aromatic rings. The molecular weight excluding hydrogens is 518 g/mol. The van der Waals surface area contributed by atoms with Crippen molar-refractivity contribution in [3.8, 4) is 0 Å². The minimum atomic E-state index is -0.881. The first-order valence-corrected chi connectivity index (χ1v) is 14.0. The number of nitrogens with two attached hydrogens (primary N) is 1. The second-order valence-electron chi connectivity index (χ2n) is 9.78. The first-order chi connectivity index (χ1) is 19.5. The van der Waals surface area contributed by atoms with Crippen molar-refractivity contribution >= 4 is 23.3 Å². The van der Waals surface area contributed by atoms with E-state index in [9.17, 15) is 4.79 Å². The third kappa shape index (κ3) is 7.16. The number of carbonyl (C=O) groups is 1. The Morgan fingerprint density at radius 1 is 1.00 bits per heavy atom. The molecule has 7 nitrogen and oxygen atoms in total. The molecule has 0 aliphatic rings. The van der Waals surface area contributed by atoms with Crippen molar-refractivity contribution in [2.24, 2.45) is 5.73 Å². The molecule has 0 saturated carbocycles. The van der Waals surface area contributed by atoms with E-state index in [0.29, 0.717) is 43.2 Å². The molecule has 0 spiro atoms. The Labute approximate surface area is 237 Å². The summed E-state index contributed by atoms with van der Waals surface area (Å²) in [5.74, 6) is 0.674. The maximum Gasteiger partial charge on any atom is 0.251 e. The predicted octanol–water partition coefficient (Wildman–Crippen LogP) is 5.86. The van der Waals surface area contributed by atoms with Crippen LogP contribution in [0.25, 0.3) is 6.08 Å². The molecule has 3 N–H and O–H groups in total. The average Bonchev–Trinajstić information content (AvgIpc) is 3.62. The smallest absolute Gasteiger partial charge is 0.251 e. The highest BCUT2D eigenvalue weighted by Crippen LogP contribution is 2.28. The Hall–Kier alpha value is -4.40. The molecule has 3 aromatic carbocycles. The number of amides is 1. The van der Waals surface area contributed by atoms with Crippen molar-refractivity contribution in [3.05, 3.63) is 141 Å². The van der Waals surface area contributed by atoms with Gasteiger partial charge in [0.2, 0.25) is 11.8 Å².